The molecule has 16 heavy (non-hydrogen) atoms. The second kappa shape index (κ2) is 6.18. The SMILES string of the molecule is C#CCCCNC(=O)C1(C#N)CCCCC1. The van der Waals surface area contributed by atoms with E-state index in [0.717, 1.165) is 25.7 Å². The number of hydrogen-bond acceptors (Lipinski definition) is 2. The minimum Gasteiger partial charge on any atom is -0.355 e. The highest BCUT2D eigenvalue weighted by Crippen LogP contribution is 2.35. The second-order valence-corrected chi connectivity index (χ2v) is 4.32. The number of nitrogens with one attached hydrogen (secondary N) is 1. The molecule has 1 N–H and O–H groups in total. The first-order valence-corrected chi connectivity index (χ1v) is 5.88. The fourth-order valence-electron chi connectivity index (χ4n) is 2.11. The summed E-state index contributed by atoms with van der Waals surface area (Å²) in [7, 11) is 0. The van der Waals surface area contributed by atoms with Gasteiger partial charge in [0.25, 0.3) is 0 Å². The Morgan fingerprint density at radius 1 is 1.38 bits per heavy atom. The molecule has 0 bridgehead atoms. The molecule has 0 aromatic rings. The van der Waals surface area contributed by atoms with Gasteiger partial charge in [0, 0.05) is 13.0 Å². The summed E-state index contributed by atoms with van der Waals surface area (Å²) in [5.41, 5.74) is -0.769. The van der Waals surface area contributed by atoms with Crippen LogP contribution in [0.2, 0.25) is 0 Å². The first-order valence-electron chi connectivity index (χ1n) is 5.88. The minimum atomic E-state index is -0.769. The van der Waals surface area contributed by atoms with Crippen LogP contribution in [0.3, 0.4) is 0 Å². The zero-order chi connectivity index (χ0) is 11.9. The van der Waals surface area contributed by atoms with E-state index >= 15 is 0 Å². The first-order chi connectivity index (χ1) is 7.75. The summed E-state index contributed by atoms with van der Waals surface area (Å²) in [6, 6.07) is 2.21. The molecule has 0 aliphatic heterocycles. The van der Waals surface area contributed by atoms with Gasteiger partial charge < -0.3 is 5.32 Å². The summed E-state index contributed by atoms with van der Waals surface area (Å²) in [4.78, 5) is 11.9. The molecule has 86 valence electrons. The van der Waals surface area contributed by atoms with Gasteiger partial charge >= 0.3 is 0 Å². The van der Waals surface area contributed by atoms with Gasteiger partial charge in [0.2, 0.25) is 5.91 Å². The van der Waals surface area contributed by atoms with Crippen LogP contribution < -0.4 is 5.32 Å². The number of nitrogens with zero attached hydrogens (tertiary/aromatic N) is 1. The molecule has 1 amide bonds. The molecule has 0 spiro atoms. The zero-order valence-corrected chi connectivity index (χ0v) is 9.59. The van der Waals surface area contributed by atoms with Gasteiger partial charge in [-0.25, -0.2) is 0 Å². The number of amides is 1. The molecule has 0 aromatic heterocycles. The average Bonchev–Trinajstić information content (AvgIpc) is 2.35. The van der Waals surface area contributed by atoms with Crippen LogP contribution in [0.1, 0.15) is 44.9 Å². The maximum absolute atomic E-state index is 11.9. The van der Waals surface area contributed by atoms with Gasteiger partial charge in [-0.1, -0.05) is 19.3 Å². The molecule has 3 nitrogen and oxygen atoms in total. The molecule has 0 unspecified atom stereocenters. The standard InChI is InChI=1S/C13H18N2O/c1-2-3-7-10-15-12(16)13(11-14)8-5-4-6-9-13/h1H,3-10H2,(H,15,16). The third kappa shape index (κ3) is 3.00. The normalized spacial score (nSPS) is 18.1. The van der Waals surface area contributed by atoms with Crippen LogP contribution in [-0.4, -0.2) is 12.5 Å². The monoisotopic (exact) mass is 218 g/mol. The summed E-state index contributed by atoms with van der Waals surface area (Å²) in [5.74, 6) is 2.42. The summed E-state index contributed by atoms with van der Waals surface area (Å²) in [5, 5.41) is 12.0. The van der Waals surface area contributed by atoms with Gasteiger partial charge in [0.1, 0.15) is 5.41 Å². The molecule has 0 radical (unpaired) electrons. The molecular weight excluding hydrogens is 200 g/mol. The van der Waals surface area contributed by atoms with E-state index in [-0.39, 0.29) is 5.91 Å². The van der Waals surface area contributed by atoms with Crippen LogP contribution in [0.5, 0.6) is 0 Å². The highest BCUT2D eigenvalue weighted by atomic mass is 16.2. The smallest absolute Gasteiger partial charge is 0.240 e. The van der Waals surface area contributed by atoms with Crippen molar-refractivity contribution in [2.75, 3.05) is 6.54 Å². The van der Waals surface area contributed by atoms with Crippen molar-refractivity contribution in [2.24, 2.45) is 5.41 Å². The molecule has 1 aliphatic carbocycles. The highest BCUT2D eigenvalue weighted by molar-refractivity contribution is 5.85. The fraction of sp³-hybridized carbons (Fsp3) is 0.692. The molecule has 0 atom stereocenters. The Morgan fingerprint density at radius 2 is 2.06 bits per heavy atom. The molecular formula is C13H18N2O. The van der Waals surface area contributed by atoms with Crippen LogP contribution >= 0.6 is 0 Å². The second-order valence-electron chi connectivity index (χ2n) is 4.32. The van der Waals surface area contributed by atoms with Crippen LogP contribution in [0, 0.1) is 29.1 Å². The lowest BCUT2D eigenvalue weighted by atomic mass is 9.74. The van der Waals surface area contributed by atoms with Crippen LogP contribution in [-0.2, 0) is 4.79 Å². The molecule has 0 saturated heterocycles. The minimum absolute atomic E-state index is 0.105. The van der Waals surface area contributed by atoms with Gasteiger partial charge in [0.05, 0.1) is 6.07 Å². The topological polar surface area (TPSA) is 52.9 Å². The number of hydrogen-bond donors (Lipinski definition) is 1. The van der Waals surface area contributed by atoms with E-state index in [1.807, 2.05) is 0 Å². The molecule has 1 rings (SSSR count). The summed E-state index contributed by atoms with van der Waals surface area (Å²) >= 11 is 0. The van der Waals surface area contributed by atoms with Crippen molar-refractivity contribution in [1.29, 1.82) is 5.26 Å². The predicted molar refractivity (Wildman–Crippen MR) is 62.2 cm³/mol. The molecule has 1 saturated carbocycles. The number of terminal acetylenes is 1. The Labute approximate surface area is 97.2 Å². The quantitative estimate of drug-likeness (QED) is 0.579. The third-order valence-corrected chi connectivity index (χ3v) is 3.14. The molecule has 0 aromatic carbocycles. The first kappa shape index (κ1) is 12.6. The fourth-order valence-corrected chi connectivity index (χ4v) is 2.11. The maximum Gasteiger partial charge on any atom is 0.240 e. The van der Waals surface area contributed by atoms with E-state index < -0.39 is 5.41 Å². The van der Waals surface area contributed by atoms with Gasteiger partial charge in [-0.05, 0) is 19.3 Å². The van der Waals surface area contributed by atoms with Crippen molar-refractivity contribution < 1.29 is 4.79 Å². The Morgan fingerprint density at radius 3 is 2.62 bits per heavy atom. The summed E-state index contributed by atoms with van der Waals surface area (Å²) < 4.78 is 0. The van der Waals surface area contributed by atoms with E-state index in [9.17, 15) is 10.1 Å². The van der Waals surface area contributed by atoms with Crippen molar-refractivity contribution in [3.63, 3.8) is 0 Å². The largest absolute Gasteiger partial charge is 0.355 e. The lowest BCUT2D eigenvalue weighted by Gasteiger charge is -2.29. The van der Waals surface area contributed by atoms with E-state index in [2.05, 4.69) is 17.3 Å². The van der Waals surface area contributed by atoms with Crippen molar-refractivity contribution >= 4 is 5.91 Å². The van der Waals surface area contributed by atoms with Crippen LogP contribution in [0.15, 0.2) is 0 Å². The van der Waals surface area contributed by atoms with E-state index in [0.29, 0.717) is 25.8 Å². The van der Waals surface area contributed by atoms with Crippen LogP contribution in [0.25, 0.3) is 0 Å². The van der Waals surface area contributed by atoms with E-state index in [4.69, 9.17) is 6.42 Å². The number of nitriles is 1. The maximum atomic E-state index is 11.9. The third-order valence-electron chi connectivity index (χ3n) is 3.14. The average molecular weight is 218 g/mol. The number of unbranched alkanes of at least 4 members (excludes halogenated alkanes) is 1. The van der Waals surface area contributed by atoms with Crippen molar-refractivity contribution in [3.05, 3.63) is 0 Å². The summed E-state index contributed by atoms with van der Waals surface area (Å²) in [6.07, 6.45) is 11.1. The number of carbonyl (C=O) groups is 1. The molecule has 0 heterocycles. The molecule has 1 aliphatic rings. The number of carbonyl (C=O) groups excluding carboxylic acids is 1. The lowest BCUT2D eigenvalue weighted by molar-refractivity contribution is -0.129. The Bertz CT molecular complexity index is 316. The van der Waals surface area contributed by atoms with Gasteiger partial charge in [-0.3, -0.25) is 4.79 Å². The van der Waals surface area contributed by atoms with Crippen molar-refractivity contribution in [2.45, 2.75) is 44.9 Å². The van der Waals surface area contributed by atoms with Crippen LogP contribution in [0.4, 0.5) is 0 Å². The van der Waals surface area contributed by atoms with E-state index in [1.165, 1.54) is 0 Å². The van der Waals surface area contributed by atoms with E-state index in [1.54, 1.807) is 0 Å². The van der Waals surface area contributed by atoms with Crippen molar-refractivity contribution in [1.82, 2.24) is 5.32 Å². The Balaban J connectivity index is 2.44. The Kier molecular flexibility index (Phi) is 4.86. The van der Waals surface area contributed by atoms with Crippen molar-refractivity contribution in [3.8, 4) is 18.4 Å². The van der Waals surface area contributed by atoms with Gasteiger partial charge in [0.15, 0.2) is 0 Å². The highest BCUT2D eigenvalue weighted by Gasteiger charge is 2.39. The predicted octanol–water partition coefficient (Wildman–Crippen LogP) is 1.99. The summed E-state index contributed by atoms with van der Waals surface area (Å²) in [6.45, 7) is 0.576. The molecule has 3 heteroatoms. The zero-order valence-electron chi connectivity index (χ0n) is 9.59. The Hall–Kier alpha value is -1.48. The van der Waals surface area contributed by atoms with Gasteiger partial charge in [-0.15, -0.1) is 12.3 Å². The number of rotatable bonds is 4. The van der Waals surface area contributed by atoms with Gasteiger partial charge in [-0.2, -0.15) is 5.26 Å². The lowest BCUT2D eigenvalue weighted by Crippen LogP contribution is -2.41. The molecule has 1 fully saturated rings.